The first-order valence-electron chi connectivity index (χ1n) is 16.5. The molecule has 0 spiro atoms. The molecule has 0 fully saturated rings. The highest BCUT2D eigenvalue weighted by Crippen LogP contribution is 2.30. The van der Waals surface area contributed by atoms with E-state index < -0.39 is 28.1 Å². The summed E-state index contributed by atoms with van der Waals surface area (Å²) < 4.78 is 46.8. The number of amides is 3. The lowest BCUT2D eigenvalue weighted by Gasteiger charge is -2.35. The second-order valence-corrected chi connectivity index (χ2v) is 14.2. The molecule has 0 unspecified atom stereocenters. The molecular weight excluding hydrogens is 648 g/mol. The fourth-order valence-corrected chi connectivity index (χ4v) is 6.56. The Morgan fingerprint density at radius 3 is 2.45 bits per heavy atom. The number of carbonyl (C=O) groups is 2. The Labute approximate surface area is 289 Å². The Morgan fingerprint density at radius 2 is 1.78 bits per heavy atom. The van der Waals surface area contributed by atoms with Crippen molar-refractivity contribution in [3.05, 3.63) is 78.4 Å². The molecule has 3 aromatic carbocycles. The Morgan fingerprint density at radius 1 is 1.06 bits per heavy atom. The van der Waals surface area contributed by atoms with Crippen molar-refractivity contribution in [1.82, 2.24) is 9.80 Å². The number of carbonyl (C=O) groups excluding carboxylic acids is 2. The molecule has 0 aliphatic carbocycles. The first-order valence-corrected chi connectivity index (χ1v) is 18.0. The zero-order chi connectivity index (χ0) is 35.6. The Kier molecular flexibility index (Phi) is 13.3. The zero-order valence-corrected chi connectivity index (χ0v) is 29.6. The van der Waals surface area contributed by atoms with Crippen LogP contribution in [0, 0.1) is 5.92 Å². The van der Waals surface area contributed by atoms with Crippen LogP contribution < -0.4 is 19.5 Å². The summed E-state index contributed by atoms with van der Waals surface area (Å²) in [5.74, 6) is 0.138. The van der Waals surface area contributed by atoms with Gasteiger partial charge in [-0.05, 0) is 87.7 Å². The second-order valence-electron chi connectivity index (χ2n) is 12.5. The number of urea groups is 1. The molecule has 0 saturated heterocycles. The van der Waals surface area contributed by atoms with Gasteiger partial charge in [-0.2, -0.15) is 0 Å². The van der Waals surface area contributed by atoms with E-state index in [-0.39, 0.29) is 53.9 Å². The second kappa shape index (κ2) is 17.4. The molecule has 4 rings (SSSR count). The molecule has 49 heavy (non-hydrogen) atoms. The van der Waals surface area contributed by atoms with Gasteiger partial charge in [0.05, 0.1) is 42.4 Å². The van der Waals surface area contributed by atoms with Crippen molar-refractivity contribution in [3.8, 4) is 11.5 Å². The fourth-order valence-electron chi connectivity index (χ4n) is 5.51. The predicted molar refractivity (Wildman–Crippen MR) is 189 cm³/mol. The number of para-hydroxylation sites is 1. The average molecular weight is 697 g/mol. The molecule has 4 atom stereocenters. The maximum Gasteiger partial charge on any atom is 0.321 e. The highest BCUT2D eigenvalue weighted by atomic mass is 32.2. The van der Waals surface area contributed by atoms with E-state index in [1.165, 1.54) is 25.3 Å². The molecular formula is C36H48N4O8S. The standard InChI is InChI=1S/C36H48N4O8S/c1-25-22-40(26(2)24-41)35(42)32-21-29(38-49(44,45)31-17-15-30(46-5)16-18-31)14-19-33(32)48-27(3)11-9-10-20-47-34(25)23-39(4)36(43)37-28-12-7-6-8-13-28/h6-8,12-19,21,25-27,34,38,41H,9-11,20,22-24H2,1-5H3,(H,37,43)/t25-,26-,27+,34+/m1/s1. The lowest BCUT2D eigenvalue weighted by Crippen LogP contribution is -2.48. The number of hydrogen-bond acceptors (Lipinski definition) is 8. The average Bonchev–Trinajstić information content (AvgIpc) is 3.09. The summed E-state index contributed by atoms with van der Waals surface area (Å²) in [5, 5.41) is 13.1. The highest BCUT2D eigenvalue weighted by Gasteiger charge is 2.31. The van der Waals surface area contributed by atoms with Crippen molar-refractivity contribution in [2.75, 3.05) is 50.5 Å². The molecule has 12 nitrogen and oxygen atoms in total. The lowest BCUT2D eigenvalue weighted by molar-refractivity contribution is -0.0115. The summed E-state index contributed by atoms with van der Waals surface area (Å²) in [4.78, 5) is 30.6. The summed E-state index contributed by atoms with van der Waals surface area (Å²) >= 11 is 0. The number of rotatable bonds is 9. The van der Waals surface area contributed by atoms with Crippen LogP contribution >= 0.6 is 0 Å². The Hall–Kier alpha value is -4.33. The summed E-state index contributed by atoms with van der Waals surface area (Å²) in [5.41, 5.74) is 1.01. The number of aliphatic hydroxyl groups excluding tert-OH is 1. The number of methoxy groups -OCH3 is 1. The topological polar surface area (TPSA) is 147 Å². The first kappa shape index (κ1) is 37.5. The zero-order valence-electron chi connectivity index (χ0n) is 28.8. The number of hydrogen-bond donors (Lipinski definition) is 3. The molecule has 1 aliphatic rings. The third-order valence-electron chi connectivity index (χ3n) is 8.50. The number of fused-ring (bicyclic) bond motifs is 1. The number of nitrogens with one attached hydrogen (secondary N) is 2. The van der Waals surface area contributed by atoms with E-state index in [1.807, 2.05) is 44.2 Å². The van der Waals surface area contributed by atoms with Crippen molar-refractivity contribution in [2.24, 2.45) is 5.92 Å². The lowest BCUT2D eigenvalue weighted by atomic mass is 10.0. The normalized spacial score (nSPS) is 19.8. The monoisotopic (exact) mass is 696 g/mol. The quantitative estimate of drug-likeness (QED) is 0.268. The third kappa shape index (κ3) is 10.3. The molecule has 3 amide bonds. The first-order chi connectivity index (χ1) is 23.4. The molecule has 13 heteroatoms. The van der Waals surface area contributed by atoms with Gasteiger partial charge in [-0.25, -0.2) is 13.2 Å². The Bertz CT molecular complexity index is 1640. The van der Waals surface area contributed by atoms with Crippen LogP contribution in [0.3, 0.4) is 0 Å². The number of ether oxygens (including phenoxy) is 3. The van der Waals surface area contributed by atoms with Crippen LogP contribution in [0.5, 0.6) is 11.5 Å². The number of anilines is 2. The molecule has 0 saturated carbocycles. The maximum atomic E-state index is 14.4. The molecule has 3 N–H and O–H groups in total. The minimum Gasteiger partial charge on any atom is -0.497 e. The number of sulfonamides is 1. The van der Waals surface area contributed by atoms with Crippen molar-refractivity contribution < 1.29 is 37.3 Å². The van der Waals surface area contributed by atoms with E-state index in [0.717, 1.165) is 12.8 Å². The molecule has 1 heterocycles. The summed E-state index contributed by atoms with van der Waals surface area (Å²) in [6.07, 6.45) is 1.60. The van der Waals surface area contributed by atoms with Crippen LogP contribution in [0.4, 0.5) is 16.2 Å². The molecule has 1 aliphatic heterocycles. The van der Waals surface area contributed by atoms with Crippen LogP contribution in [0.15, 0.2) is 77.7 Å². The molecule has 3 aromatic rings. The highest BCUT2D eigenvalue weighted by molar-refractivity contribution is 7.92. The van der Waals surface area contributed by atoms with E-state index in [9.17, 15) is 23.1 Å². The minimum absolute atomic E-state index is 0.0300. The van der Waals surface area contributed by atoms with Crippen molar-refractivity contribution in [3.63, 3.8) is 0 Å². The number of likely N-dealkylation sites (N-methyl/N-ethyl adjacent to an activating group) is 1. The van der Waals surface area contributed by atoms with Crippen LogP contribution in [-0.2, 0) is 14.8 Å². The summed E-state index contributed by atoms with van der Waals surface area (Å²) in [6, 6.07) is 18.9. The van der Waals surface area contributed by atoms with Gasteiger partial charge in [0.15, 0.2) is 0 Å². The Balaban J connectivity index is 1.63. The van der Waals surface area contributed by atoms with E-state index in [2.05, 4.69) is 10.0 Å². The molecule has 266 valence electrons. The van der Waals surface area contributed by atoms with Gasteiger partial charge >= 0.3 is 6.03 Å². The van der Waals surface area contributed by atoms with Gasteiger partial charge in [0.25, 0.3) is 15.9 Å². The van der Waals surface area contributed by atoms with Crippen LogP contribution in [0.25, 0.3) is 0 Å². The number of nitrogens with zero attached hydrogens (tertiary/aromatic N) is 2. The van der Waals surface area contributed by atoms with E-state index in [1.54, 1.807) is 48.0 Å². The number of aliphatic hydroxyl groups is 1. The maximum absolute atomic E-state index is 14.4. The van der Waals surface area contributed by atoms with Gasteiger partial charge in [-0.3, -0.25) is 9.52 Å². The minimum atomic E-state index is -4.00. The van der Waals surface area contributed by atoms with Gasteiger partial charge in [0, 0.05) is 44.0 Å². The van der Waals surface area contributed by atoms with Crippen LogP contribution in [-0.4, -0.2) is 94.0 Å². The van der Waals surface area contributed by atoms with Gasteiger partial charge in [-0.15, -0.1) is 0 Å². The number of benzene rings is 3. The van der Waals surface area contributed by atoms with Gasteiger partial charge in [0.1, 0.15) is 11.5 Å². The van der Waals surface area contributed by atoms with Crippen LogP contribution in [0.2, 0.25) is 0 Å². The van der Waals surface area contributed by atoms with Crippen molar-refractivity contribution in [2.45, 2.75) is 63.2 Å². The van der Waals surface area contributed by atoms with Gasteiger partial charge < -0.3 is 34.4 Å². The predicted octanol–water partition coefficient (Wildman–Crippen LogP) is 5.46. The largest absolute Gasteiger partial charge is 0.497 e. The summed E-state index contributed by atoms with van der Waals surface area (Å²) in [7, 11) is -0.803. The van der Waals surface area contributed by atoms with E-state index >= 15 is 0 Å². The van der Waals surface area contributed by atoms with Gasteiger partial charge in [-0.1, -0.05) is 25.1 Å². The molecule has 0 radical (unpaired) electrons. The SMILES string of the molecule is COc1ccc(S(=O)(=O)Nc2ccc3c(c2)C(=O)N([C@H](C)CO)C[C@@H](C)[C@H](CN(C)C(=O)Nc2ccccc2)OCCCC[C@H](C)O3)cc1. The molecule has 0 bridgehead atoms. The molecule has 0 aromatic heterocycles. The third-order valence-corrected chi connectivity index (χ3v) is 9.90. The fraction of sp³-hybridized carbons (Fsp3) is 0.444. The smallest absolute Gasteiger partial charge is 0.321 e. The van der Waals surface area contributed by atoms with Crippen molar-refractivity contribution in [1.29, 1.82) is 0 Å². The van der Waals surface area contributed by atoms with E-state index in [0.29, 0.717) is 30.2 Å². The van der Waals surface area contributed by atoms with Crippen molar-refractivity contribution >= 4 is 33.3 Å². The summed E-state index contributed by atoms with van der Waals surface area (Å²) in [6.45, 7) is 6.22. The van der Waals surface area contributed by atoms with Crippen LogP contribution in [0.1, 0.15) is 50.4 Å². The van der Waals surface area contributed by atoms with E-state index in [4.69, 9.17) is 14.2 Å². The van der Waals surface area contributed by atoms with Gasteiger partial charge in [0.2, 0.25) is 0 Å².